The van der Waals surface area contributed by atoms with Crippen LogP contribution in [0.4, 0.5) is 4.79 Å². The molecule has 2 aliphatic rings. The minimum absolute atomic E-state index is 0.00210. The maximum absolute atomic E-state index is 12.2. The van der Waals surface area contributed by atoms with Crippen LogP contribution in [-0.4, -0.2) is 35.5 Å². The summed E-state index contributed by atoms with van der Waals surface area (Å²) in [5, 5.41) is 2.46. The number of nitrogens with zero attached hydrogens (tertiary/aromatic N) is 1. The van der Waals surface area contributed by atoms with Gasteiger partial charge in [0.1, 0.15) is 6.10 Å². The van der Waals surface area contributed by atoms with Crippen molar-refractivity contribution in [3.8, 4) is 0 Å². The fourth-order valence-corrected chi connectivity index (χ4v) is 2.35. The van der Waals surface area contributed by atoms with E-state index in [0.29, 0.717) is 11.1 Å². The monoisotopic (exact) mass is 288 g/mol. The van der Waals surface area contributed by atoms with E-state index in [1.807, 2.05) is 0 Å². The lowest BCUT2D eigenvalue weighted by molar-refractivity contribution is -0.125. The molecule has 1 saturated carbocycles. The van der Waals surface area contributed by atoms with Crippen molar-refractivity contribution in [3.05, 3.63) is 35.4 Å². The molecule has 1 saturated heterocycles. The number of hydrogen-bond acceptors (Lipinski definition) is 4. The van der Waals surface area contributed by atoms with Crippen molar-refractivity contribution in [1.82, 2.24) is 10.2 Å². The molecule has 0 atom stereocenters. The zero-order valence-corrected chi connectivity index (χ0v) is 11.5. The molecule has 6 nitrogen and oxygen atoms in total. The van der Waals surface area contributed by atoms with Crippen molar-refractivity contribution in [3.63, 3.8) is 0 Å². The minimum Gasteiger partial charge on any atom is -0.459 e. The predicted molar refractivity (Wildman–Crippen MR) is 73.4 cm³/mol. The highest BCUT2D eigenvalue weighted by Gasteiger charge is 2.30. The normalized spacial score (nSPS) is 18.4. The second kappa shape index (κ2) is 5.55. The Balaban J connectivity index is 1.77. The van der Waals surface area contributed by atoms with Gasteiger partial charge in [-0.25, -0.2) is 9.59 Å². The molecule has 21 heavy (non-hydrogen) atoms. The molecule has 1 heterocycles. The van der Waals surface area contributed by atoms with Gasteiger partial charge >= 0.3 is 12.0 Å². The molecule has 6 heteroatoms. The molecule has 3 amide bonds. The quantitative estimate of drug-likeness (QED) is 0.672. The van der Waals surface area contributed by atoms with Gasteiger partial charge in [0.2, 0.25) is 5.91 Å². The molecule has 1 aromatic rings. The van der Waals surface area contributed by atoms with Crippen LogP contribution in [0.25, 0.3) is 0 Å². The van der Waals surface area contributed by atoms with Crippen molar-refractivity contribution < 1.29 is 19.1 Å². The average Bonchev–Trinajstić information content (AvgIpc) is 2.75. The number of hydrogen-bond donors (Lipinski definition) is 1. The Hall–Kier alpha value is -2.37. The number of carbonyl (C=O) groups excluding carboxylic acids is 3. The van der Waals surface area contributed by atoms with Crippen molar-refractivity contribution in [2.24, 2.45) is 0 Å². The van der Waals surface area contributed by atoms with E-state index >= 15 is 0 Å². The van der Waals surface area contributed by atoms with Gasteiger partial charge in [-0.15, -0.1) is 0 Å². The van der Waals surface area contributed by atoms with E-state index < -0.39 is 6.03 Å². The molecule has 1 aromatic carbocycles. The minimum atomic E-state index is -0.429. The van der Waals surface area contributed by atoms with E-state index in [4.69, 9.17) is 4.74 Å². The molecule has 0 spiro atoms. The first-order valence-corrected chi connectivity index (χ1v) is 7.02. The van der Waals surface area contributed by atoms with Gasteiger partial charge in [-0.3, -0.25) is 9.69 Å². The second-order valence-electron chi connectivity index (χ2n) is 5.25. The fourth-order valence-electron chi connectivity index (χ4n) is 2.35. The summed E-state index contributed by atoms with van der Waals surface area (Å²) in [5.74, 6) is -0.676. The number of nitrogens with one attached hydrogen (secondary N) is 1. The van der Waals surface area contributed by atoms with Gasteiger partial charge in [0.15, 0.2) is 0 Å². The van der Waals surface area contributed by atoms with E-state index in [9.17, 15) is 14.4 Å². The first-order valence-electron chi connectivity index (χ1n) is 7.02. The van der Waals surface area contributed by atoms with Crippen LogP contribution >= 0.6 is 0 Å². The third kappa shape index (κ3) is 2.74. The van der Waals surface area contributed by atoms with Crippen LogP contribution in [0.1, 0.15) is 35.2 Å². The van der Waals surface area contributed by atoms with E-state index in [2.05, 4.69) is 5.32 Å². The number of esters is 1. The van der Waals surface area contributed by atoms with Gasteiger partial charge in [-0.05, 0) is 30.9 Å². The van der Waals surface area contributed by atoms with Crippen LogP contribution in [-0.2, 0) is 16.1 Å². The molecule has 0 aromatic heterocycles. The summed E-state index contributed by atoms with van der Waals surface area (Å²) < 4.78 is 5.39. The van der Waals surface area contributed by atoms with E-state index in [1.54, 1.807) is 24.3 Å². The van der Waals surface area contributed by atoms with Crippen molar-refractivity contribution in [2.75, 3.05) is 6.54 Å². The Kier molecular flexibility index (Phi) is 3.60. The number of imide groups is 1. The summed E-state index contributed by atoms with van der Waals surface area (Å²) in [6, 6.07) is 6.48. The standard InChI is InChI=1S/C15H16N2O4/c18-13-8-16-15(20)17(13)9-10-4-1-2-7-12(10)14(19)21-11-5-3-6-11/h1-2,4,7,11H,3,5-6,8-9H2,(H,16,20). The summed E-state index contributed by atoms with van der Waals surface area (Å²) in [6.45, 7) is 0.0914. The summed E-state index contributed by atoms with van der Waals surface area (Å²) >= 11 is 0. The highest BCUT2D eigenvalue weighted by molar-refractivity contribution is 6.02. The molecule has 0 bridgehead atoms. The van der Waals surface area contributed by atoms with Crippen LogP contribution < -0.4 is 5.32 Å². The largest absolute Gasteiger partial charge is 0.459 e. The maximum Gasteiger partial charge on any atom is 0.338 e. The molecule has 1 N–H and O–H groups in total. The van der Waals surface area contributed by atoms with Gasteiger partial charge in [-0.1, -0.05) is 18.2 Å². The number of amides is 3. The highest BCUT2D eigenvalue weighted by Crippen LogP contribution is 2.24. The average molecular weight is 288 g/mol. The molecule has 0 unspecified atom stereocenters. The smallest absolute Gasteiger partial charge is 0.338 e. The second-order valence-corrected chi connectivity index (χ2v) is 5.25. The molecule has 1 aliphatic heterocycles. The summed E-state index contributed by atoms with van der Waals surface area (Å²) in [7, 11) is 0. The molecule has 1 aliphatic carbocycles. The summed E-state index contributed by atoms with van der Waals surface area (Å²) in [4.78, 5) is 36.5. The van der Waals surface area contributed by atoms with E-state index in [1.165, 1.54) is 0 Å². The first-order chi connectivity index (χ1) is 10.1. The van der Waals surface area contributed by atoms with Crippen LogP contribution in [0.3, 0.4) is 0 Å². The lowest BCUT2D eigenvalue weighted by Gasteiger charge is -2.25. The van der Waals surface area contributed by atoms with Crippen LogP contribution in [0.2, 0.25) is 0 Å². The van der Waals surface area contributed by atoms with Gasteiger partial charge < -0.3 is 10.1 Å². The number of urea groups is 1. The number of rotatable bonds is 4. The number of carbonyl (C=O) groups is 3. The third-order valence-corrected chi connectivity index (χ3v) is 3.83. The van der Waals surface area contributed by atoms with E-state index in [-0.39, 0.29) is 31.1 Å². The van der Waals surface area contributed by atoms with Crippen molar-refractivity contribution in [2.45, 2.75) is 31.9 Å². The number of ether oxygens (including phenoxy) is 1. The van der Waals surface area contributed by atoms with Gasteiger partial charge in [0.25, 0.3) is 0 Å². The van der Waals surface area contributed by atoms with Gasteiger partial charge in [0, 0.05) is 0 Å². The molecule has 110 valence electrons. The maximum atomic E-state index is 12.2. The lowest BCUT2D eigenvalue weighted by Crippen LogP contribution is -2.31. The Morgan fingerprint density at radius 3 is 2.67 bits per heavy atom. The van der Waals surface area contributed by atoms with E-state index in [0.717, 1.165) is 24.2 Å². The van der Waals surface area contributed by atoms with Crippen LogP contribution in [0.15, 0.2) is 24.3 Å². The highest BCUT2D eigenvalue weighted by atomic mass is 16.5. The first kappa shape index (κ1) is 13.6. The molecule has 0 radical (unpaired) electrons. The zero-order chi connectivity index (χ0) is 14.8. The van der Waals surface area contributed by atoms with Gasteiger partial charge in [-0.2, -0.15) is 0 Å². The van der Waals surface area contributed by atoms with Gasteiger partial charge in [0.05, 0.1) is 18.7 Å². The van der Waals surface area contributed by atoms with Crippen molar-refractivity contribution >= 4 is 17.9 Å². The molecule has 3 rings (SSSR count). The Labute approximate surface area is 122 Å². The Morgan fingerprint density at radius 2 is 2.05 bits per heavy atom. The van der Waals surface area contributed by atoms with Crippen LogP contribution in [0.5, 0.6) is 0 Å². The third-order valence-electron chi connectivity index (χ3n) is 3.83. The topological polar surface area (TPSA) is 75.7 Å². The van der Waals surface area contributed by atoms with Crippen LogP contribution in [0, 0.1) is 0 Å². The predicted octanol–water partition coefficient (Wildman–Crippen LogP) is 1.45. The fraction of sp³-hybridized carbons (Fsp3) is 0.400. The Bertz CT molecular complexity index is 579. The molecule has 2 fully saturated rings. The van der Waals surface area contributed by atoms with Crippen molar-refractivity contribution in [1.29, 1.82) is 0 Å². The Morgan fingerprint density at radius 1 is 1.29 bits per heavy atom. The summed E-state index contributed by atoms with van der Waals surface area (Å²) in [5.41, 5.74) is 1.03. The SMILES string of the molecule is O=C(OC1CCC1)c1ccccc1CN1C(=O)CNC1=O. The molecular formula is C15H16N2O4. The molecular weight excluding hydrogens is 272 g/mol. The lowest BCUT2D eigenvalue weighted by atomic mass is 9.96. The zero-order valence-electron chi connectivity index (χ0n) is 11.5. The summed E-state index contributed by atoms with van der Waals surface area (Å²) in [6.07, 6.45) is 2.89. The number of benzene rings is 1.